The third-order valence-corrected chi connectivity index (χ3v) is 2.60. The minimum Gasteiger partial charge on any atom is -0.491 e. The summed E-state index contributed by atoms with van der Waals surface area (Å²) in [6, 6.07) is 4.07. The lowest BCUT2D eigenvalue weighted by atomic mass is 10.4. The molecule has 0 aliphatic rings. The molecule has 12 heavy (non-hydrogen) atoms. The third kappa shape index (κ3) is 2.26. The van der Waals surface area contributed by atoms with Crippen LogP contribution in [0, 0.1) is 6.92 Å². The van der Waals surface area contributed by atoms with Gasteiger partial charge < -0.3 is 4.74 Å². The molecule has 0 radical (unpaired) electrons. The first-order valence-electron chi connectivity index (χ1n) is 3.78. The number of halogens is 1. The number of hydrogen-bond acceptors (Lipinski definition) is 2. The molecule has 1 aromatic rings. The monoisotopic (exact) mass is 202 g/mol. The fourth-order valence-corrected chi connectivity index (χ4v) is 1.96. The fourth-order valence-electron chi connectivity index (χ4n) is 0.879. The highest BCUT2D eigenvalue weighted by molar-refractivity contribution is 7.13. The molecule has 3 heteroatoms. The van der Waals surface area contributed by atoms with Crippen LogP contribution >= 0.6 is 22.9 Å². The molecule has 0 bridgehead atoms. The van der Waals surface area contributed by atoms with Crippen molar-refractivity contribution in [3.05, 3.63) is 27.4 Å². The number of rotatable bonds is 3. The van der Waals surface area contributed by atoms with Gasteiger partial charge in [-0.2, -0.15) is 0 Å². The summed E-state index contributed by atoms with van der Waals surface area (Å²) in [7, 11) is 0. The molecule has 1 rings (SSSR count). The third-order valence-electron chi connectivity index (χ3n) is 1.38. The van der Waals surface area contributed by atoms with Gasteiger partial charge in [0.2, 0.25) is 0 Å². The van der Waals surface area contributed by atoms with Crippen molar-refractivity contribution in [2.45, 2.75) is 13.8 Å². The average molecular weight is 203 g/mol. The summed E-state index contributed by atoms with van der Waals surface area (Å²) in [5.74, 6) is 0.761. The Hall–Kier alpha value is -0.470. The van der Waals surface area contributed by atoms with Gasteiger partial charge in [0, 0.05) is 10.4 Å². The van der Waals surface area contributed by atoms with Crippen LogP contribution in [0.25, 0.3) is 5.76 Å². The summed E-state index contributed by atoms with van der Waals surface area (Å²) in [5.41, 5.74) is 1.48. The van der Waals surface area contributed by atoms with Gasteiger partial charge in [0.15, 0.2) is 0 Å². The van der Waals surface area contributed by atoms with Gasteiger partial charge in [-0.1, -0.05) is 11.6 Å². The molecule has 0 atom stereocenters. The van der Waals surface area contributed by atoms with Crippen LogP contribution in [0.4, 0.5) is 0 Å². The Labute approximate surface area is 81.6 Å². The second-order valence-electron chi connectivity index (χ2n) is 2.32. The van der Waals surface area contributed by atoms with E-state index in [9.17, 15) is 0 Å². The molecule has 1 nitrogen and oxygen atoms in total. The Morgan fingerprint density at radius 3 is 2.83 bits per heavy atom. The molecule has 0 saturated heterocycles. The molecule has 66 valence electrons. The van der Waals surface area contributed by atoms with Crippen molar-refractivity contribution < 1.29 is 4.74 Å². The number of thiophene rings is 1. The maximum atomic E-state index is 5.61. The van der Waals surface area contributed by atoms with Gasteiger partial charge in [-0.25, -0.2) is 0 Å². The van der Waals surface area contributed by atoms with Gasteiger partial charge in [0.05, 0.1) is 11.5 Å². The predicted octanol–water partition coefficient (Wildman–Crippen LogP) is 3.63. The zero-order chi connectivity index (χ0) is 8.97. The quantitative estimate of drug-likeness (QED) is 0.681. The average Bonchev–Trinajstić information content (AvgIpc) is 2.47. The highest BCUT2D eigenvalue weighted by Gasteiger charge is 2.03. The molecule has 1 heterocycles. The zero-order valence-corrected chi connectivity index (χ0v) is 8.71. The standard InChI is InChI=1S/C9H11ClOS/c1-3-11-8(6-10)9-5-4-7(2)12-9/h4-6H,3H2,1-2H3/b8-6+. The van der Waals surface area contributed by atoms with Crippen LogP contribution in [0.2, 0.25) is 0 Å². The molecule has 0 aliphatic heterocycles. The van der Waals surface area contributed by atoms with Crippen molar-refractivity contribution in [1.82, 2.24) is 0 Å². The van der Waals surface area contributed by atoms with E-state index in [-0.39, 0.29) is 0 Å². The molecule has 1 aromatic heterocycles. The van der Waals surface area contributed by atoms with Crippen molar-refractivity contribution in [2.75, 3.05) is 6.61 Å². The number of aryl methyl sites for hydroxylation is 1. The van der Waals surface area contributed by atoms with Gasteiger partial charge in [0.1, 0.15) is 5.76 Å². The van der Waals surface area contributed by atoms with Crippen molar-refractivity contribution in [2.24, 2.45) is 0 Å². The summed E-state index contributed by atoms with van der Waals surface area (Å²) in [4.78, 5) is 2.35. The van der Waals surface area contributed by atoms with Crippen molar-refractivity contribution >= 4 is 28.7 Å². The van der Waals surface area contributed by atoms with Gasteiger partial charge in [-0.15, -0.1) is 11.3 Å². The molecular formula is C9H11ClOS. The molecule has 0 aromatic carbocycles. The van der Waals surface area contributed by atoms with E-state index in [0.717, 1.165) is 10.6 Å². The number of hydrogen-bond donors (Lipinski definition) is 0. The smallest absolute Gasteiger partial charge is 0.147 e. The lowest BCUT2D eigenvalue weighted by Gasteiger charge is -2.03. The minimum atomic E-state index is 0.648. The first-order chi connectivity index (χ1) is 5.77. The molecule has 0 amide bonds. The lowest BCUT2D eigenvalue weighted by molar-refractivity contribution is 0.299. The second kappa shape index (κ2) is 4.53. The number of ether oxygens (including phenoxy) is 1. The van der Waals surface area contributed by atoms with Crippen LogP contribution in [-0.2, 0) is 4.74 Å². The topological polar surface area (TPSA) is 9.23 Å². The van der Waals surface area contributed by atoms with E-state index in [2.05, 4.69) is 13.0 Å². The zero-order valence-electron chi connectivity index (χ0n) is 7.13. The van der Waals surface area contributed by atoms with E-state index in [1.165, 1.54) is 10.4 Å². The van der Waals surface area contributed by atoms with E-state index in [4.69, 9.17) is 16.3 Å². The minimum absolute atomic E-state index is 0.648. The summed E-state index contributed by atoms with van der Waals surface area (Å²) in [6.45, 7) is 4.66. The van der Waals surface area contributed by atoms with Gasteiger partial charge in [0.25, 0.3) is 0 Å². The highest BCUT2D eigenvalue weighted by Crippen LogP contribution is 2.24. The van der Waals surface area contributed by atoms with Crippen LogP contribution in [0.15, 0.2) is 17.7 Å². The van der Waals surface area contributed by atoms with Crippen LogP contribution in [0.5, 0.6) is 0 Å². The Kier molecular flexibility index (Phi) is 3.63. The summed E-state index contributed by atoms with van der Waals surface area (Å²) >= 11 is 7.29. The van der Waals surface area contributed by atoms with Gasteiger partial charge in [-0.05, 0) is 26.0 Å². The largest absolute Gasteiger partial charge is 0.491 e. The van der Waals surface area contributed by atoms with E-state index >= 15 is 0 Å². The van der Waals surface area contributed by atoms with Crippen LogP contribution < -0.4 is 0 Å². The second-order valence-corrected chi connectivity index (χ2v) is 3.82. The van der Waals surface area contributed by atoms with Crippen LogP contribution in [0.1, 0.15) is 16.7 Å². The van der Waals surface area contributed by atoms with Crippen molar-refractivity contribution in [3.63, 3.8) is 0 Å². The predicted molar refractivity (Wildman–Crippen MR) is 54.5 cm³/mol. The molecule has 0 fully saturated rings. The van der Waals surface area contributed by atoms with Crippen molar-refractivity contribution in [3.8, 4) is 0 Å². The molecule has 0 spiro atoms. The lowest BCUT2D eigenvalue weighted by Crippen LogP contribution is -1.86. The van der Waals surface area contributed by atoms with Crippen LogP contribution in [0.3, 0.4) is 0 Å². The molecule has 0 unspecified atom stereocenters. The fraction of sp³-hybridized carbons (Fsp3) is 0.333. The van der Waals surface area contributed by atoms with E-state index < -0.39 is 0 Å². The summed E-state index contributed by atoms with van der Waals surface area (Å²) in [5, 5.41) is 0. The maximum absolute atomic E-state index is 5.61. The van der Waals surface area contributed by atoms with Crippen LogP contribution in [-0.4, -0.2) is 6.61 Å². The summed E-state index contributed by atoms with van der Waals surface area (Å²) in [6.07, 6.45) is 0. The van der Waals surface area contributed by atoms with E-state index in [1.807, 2.05) is 13.0 Å². The first kappa shape index (κ1) is 9.62. The van der Waals surface area contributed by atoms with E-state index in [1.54, 1.807) is 11.3 Å². The van der Waals surface area contributed by atoms with Gasteiger partial charge >= 0.3 is 0 Å². The van der Waals surface area contributed by atoms with Gasteiger partial charge in [-0.3, -0.25) is 0 Å². The highest BCUT2D eigenvalue weighted by atomic mass is 35.5. The van der Waals surface area contributed by atoms with E-state index in [0.29, 0.717) is 6.61 Å². The molecule has 0 N–H and O–H groups in total. The SMILES string of the molecule is CCO/C(=C/Cl)c1ccc(C)s1. The molecule has 0 saturated carbocycles. The summed E-state index contributed by atoms with van der Waals surface area (Å²) < 4.78 is 5.33. The molecule has 0 aliphatic carbocycles. The Morgan fingerprint density at radius 2 is 2.42 bits per heavy atom. The Bertz CT molecular complexity index is 278. The molecular weight excluding hydrogens is 192 g/mol. The maximum Gasteiger partial charge on any atom is 0.147 e. The Balaban J connectivity index is 2.81. The Morgan fingerprint density at radius 1 is 1.67 bits per heavy atom. The van der Waals surface area contributed by atoms with Crippen molar-refractivity contribution in [1.29, 1.82) is 0 Å². The normalized spacial score (nSPS) is 11.8. The first-order valence-corrected chi connectivity index (χ1v) is 5.03.